The molecule has 0 aliphatic carbocycles. The molecule has 112 valence electrons. The molecule has 0 saturated heterocycles. The number of nitrogens with one attached hydrogen (secondary N) is 2. The van der Waals surface area contributed by atoms with Crippen LogP contribution in [0, 0.1) is 6.92 Å². The fraction of sp³-hybridized carbons (Fsp3) is 0.312. The molecule has 1 aromatic carbocycles. The maximum absolute atomic E-state index is 12.0. The van der Waals surface area contributed by atoms with Gasteiger partial charge >= 0.3 is 6.03 Å². The van der Waals surface area contributed by atoms with E-state index in [9.17, 15) is 4.79 Å². The summed E-state index contributed by atoms with van der Waals surface area (Å²) >= 11 is 1.70. The Kier molecular flexibility index (Phi) is 5.36. The summed E-state index contributed by atoms with van der Waals surface area (Å²) in [5.41, 5.74) is 1.97. The highest BCUT2D eigenvalue weighted by atomic mass is 32.1. The van der Waals surface area contributed by atoms with Gasteiger partial charge in [0.2, 0.25) is 0 Å². The topological polar surface area (TPSA) is 44.4 Å². The Bertz CT molecular complexity index is 564. The van der Waals surface area contributed by atoms with Crippen LogP contribution in [0.4, 0.5) is 10.5 Å². The number of amides is 2. The van der Waals surface area contributed by atoms with Crippen LogP contribution < -0.4 is 10.6 Å². The minimum Gasteiger partial charge on any atom is -0.336 e. The number of rotatable bonds is 5. The van der Waals surface area contributed by atoms with Crippen molar-refractivity contribution in [1.82, 2.24) is 10.2 Å². The van der Waals surface area contributed by atoms with E-state index in [1.165, 1.54) is 10.4 Å². The SMILES string of the molecule is Cc1ccc(NC(=O)NCC(c2cccs2)N(C)C)cc1. The van der Waals surface area contributed by atoms with Gasteiger partial charge in [0, 0.05) is 17.1 Å². The number of benzene rings is 1. The van der Waals surface area contributed by atoms with Crippen LogP contribution in [0.25, 0.3) is 0 Å². The first-order valence-corrected chi connectivity index (χ1v) is 7.75. The van der Waals surface area contributed by atoms with Gasteiger partial charge in [-0.1, -0.05) is 23.8 Å². The van der Waals surface area contributed by atoms with Crippen LogP contribution >= 0.6 is 11.3 Å². The summed E-state index contributed by atoms with van der Waals surface area (Å²) in [4.78, 5) is 15.3. The molecule has 0 fully saturated rings. The van der Waals surface area contributed by atoms with Gasteiger partial charge in [0.15, 0.2) is 0 Å². The molecule has 0 radical (unpaired) electrons. The number of likely N-dealkylation sites (N-methyl/N-ethyl adjacent to an activating group) is 1. The van der Waals surface area contributed by atoms with Gasteiger partial charge in [-0.3, -0.25) is 0 Å². The summed E-state index contributed by atoms with van der Waals surface area (Å²) in [7, 11) is 4.04. The summed E-state index contributed by atoms with van der Waals surface area (Å²) in [5, 5.41) is 7.83. The van der Waals surface area contributed by atoms with Crippen molar-refractivity contribution in [2.75, 3.05) is 26.0 Å². The highest BCUT2D eigenvalue weighted by Gasteiger charge is 2.16. The molecule has 1 aromatic heterocycles. The molecule has 2 N–H and O–H groups in total. The Labute approximate surface area is 129 Å². The lowest BCUT2D eigenvalue weighted by Crippen LogP contribution is -2.36. The van der Waals surface area contributed by atoms with Crippen LogP contribution in [-0.4, -0.2) is 31.6 Å². The van der Waals surface area contributed by atoms with Crippen molar-refractivity contribution < 1.29 is 4.79 Å². The van der Waals surface area contributed by atoms with Gasteiger partial charge in [-0.15, -0.1) is 11.3 Å². The highest BCUT2D eigenvalue weighted by Crippen LogP contribution is 2.22. The normalized spacial score (nSPS) is 12.2. The van der Waals surface area contributed by atoms with Crippen molar-refractivity contribution in [3.8, 4) is 0 Å². The number of carbonyl (C=O) groups is 1. The lowest BCUT2D eigenvalue weighted by Gasteiger charge is -2.23. The lowest BCUT2D eigenvalue weighted by atomic mass is 10.2. The van der Waals surface area contributed by atoms with Gasteiger partial charge in [0.25, 0.3) is 0 Å². The highest BCUT2D eigenvalue weighted by molar-refractivity contribution is 7.10. The Morgan fingerprint density at radius 3 is 2.52 bits per heavy atom. The van der Waals surface area contributed by atoms with E-state index < -0.39 is 0 Å². The smallest absolute Gasteiger partial charge is 0.319 e. The second-order valence-electron chi connectivity index (χ2n) is 5.20. The molecule has 1 atom stereocenters. The van der Waals surface area contributed by atoms with Crippen molar-refractivity contribution in [2.24, 2.45) is 0 Å². The minimum absolute atomic E-state index is 0.178. The summed E-state index contributed by atoms with van der Waals surface area (Å²) in [6.45, 7) is 2.60. The number of nitrogens with zero attached hydrogens (tertiary/aromatic N) is 1. The molecule has 1 heterocycles. The van der Waals surface area contributed by atoms with E-state index in [2.05, 4.69) is 27.0 Å². The van der Waals surface area contributed by atoms with Crippen molar-refractivity contribution >= 4 is 23.1 Å². The van der Waals surface area contributed by atoms with E-state index in [0.29, 0.717) is 6.54 Å². The summed E-state index contributed by atoms with van der Waals surface area (Å²) in [6.07, 6.45) is 0. The third kappa shape index (κ3) is 4.58. The standard InChI is InChI=1S/C16H21N3OS/c1-12-6-8-13(9-7-12)18-16(20)17-11-14(19(2)3)15-5-4-10-21-15/h4-10,14H,11H2,1-3H3,(H2,17,18,20). The van der Waals surface area contributed by atoms with Crippen molar-refractivity contribution in [1.29, 1.82) is 0 Å². The number of urea groups is 1. The number of aryl methyl sites for hydroxylation is 1. The van der Waals surface area contributed by atoms with E-state index in [4.69, 9.17) is 0 Å². The van der Waals surface area contributed by atoms with Crippen molar-refractivity contribution in [3.05, 3.63) is 52.2 Å². The molecule has 2 aromatic rings. The Hall–Kier alpha value is -1.85. The summed E-state index contributed by atoms with van der Waals surface area (Å²) in [6, 6.07) is 11.9. The zero-order valence-corrected chi connectivity index (χ0v) is 13.4. The molecule has 0 saturated carbocycles. The van der Waals surface area contributed by atoms with Crippen molar-refractivity contribution in [3.63, 3.8) is 0 Å². The average molecular weight is 303 g/mol. The third-order valence-electron chi connectivity index (χ3n) is 3.26. The lowest BCUT2D eigenvalue weighted by molar-refractivity contribution is 0.244. The molecule has 2 rings (SSSR count). The van der Waals surface area contributed by atoms with Gasteiger partial charge in [-0.25, -0.2) is 4.79 Å². The minimum atomic E-state index is -0.178. The van der Waals surface area contributed by atoms with E-state index in [0.717, 1.165) is 5.69 Å². The van der Waals surface area contributed by atoms with E-state index in [-0.39, 0.29) is 12.1 Å². The largest absolute Gasteiger partial charge is 0.336 e. The first kappa shape index (κ1) is 15.5. The van der Waals surface area contributed by atoms with Crippen LogP contribution in [0.3, 0.4) is 0 Å². The maximum atomic E-state index is 12.0. The summed E-state index contributed by atoms with van der Waals surface area (Å²) in [5.74, 6) is 0. The summed E-state index contributed by atoms with van der Waals surface area (Å²) < 4.78 is 0. The quantitative estimate of drug-likeness (QED) is 0.888. The molecule has 5 heteroatoms. The fourth-order valence-electron chi connectivity index (χ4n) is 2.02. The van der Waals surface area contributed by atoms with Gasteiger partial charge < -0.3 is 15.5 Å². The van der Waals surface area contributed by atoms with Crippen LogP contribution in [0.15, 0.2) is 41.8 Å². The monoisotopic (exact) mass is 303 g/mol. The molecule has 0 aliphatic rings. The molecular weight excluding hydrogens is 282 g/mol. The van der Waals surface area contributed by atoms with Gasteiger partial charge in [0.05, 0.1) is 6.04 Å². The Balaban J connectivity index is 1.89. The second kappa shape index (κ2) is 7.24. The van der Waals surface area contributed by atoms with Gasteiger partial charge in [-0.2, -0.15) is 0 Å². The van der Waals surface area contributed by atoms with Gasteiger partial charge in [0.1, 0.15) is 0 Å². The number of hydrogen-bond acceptors (Lipinski definition) is 3. The molecule has 4 nitrogen and oxygen atoms in total. The maximum Gasteiger partial charge on any atom is 0.319 e. The number of hydrogen-bond donors (Lipinski definition) is 2. The molecule has 1 unspecified atom stereocenters. The first-order chi connectivity index (χ1) is 10.1. The fourth-order valence-corrected chi connectivity index (χ4v) is 2.94. The Morgan fingerprint density at radius 2 is 1.95 bits per heavy atom. The molecule has 0 bridgehead atoms. The zero-order chi connectivity index (χ0) is 15.2. The molecule has 0 spiro atoms. The molecular formula is C16H21N3OS. The van der Waals surface area contributed by atoms with Crippen LogP contribution in [0.1, 0.15) is 16.5 Å². The first-order valence-electron chi connectivity index (χ1n) is 6.87. The van der Waals surface area contributed by atoms with Crippen LogP contribution in [0.2, 0.25) is 0 Å². The zero-order valence-electron chi connectivity index (χ0n) is 12.6. The predicted octanol–water partition coefficient (Wildman–Crippen LogP) is 3.48. The van der Waals surface area contributed by atoms with Gasteiger partial charge in [-0.05, 0) is 44.6 Å². The van der Waals surface area contributed by atoms with Crippen LogP contribution in [0.5, 0.6) is 0 Å². The molecule has 0 aliphatic heterocycles. The predicted molar refractivity (Wildman–Crippen MR) is 88.9 cm³/mol. The average Bonchev–Trinajstić information content (AvgIpc) is 2.95. The van der Waals surface area contributed by atoms with E-state index in [1.807, 2.05) is 51.4 Å². The number of anilines is 1. The molecule has 21 heavy (non-hydrogen) atoms. The number of thiophene rings is 1. The van der Waals surface area contributed by atoms with Crippen molar-refractivity contribution in [2.45, 2.75) is 13.0 Å². The van der Waals surface area contributed by atoms with E-state index in [1.54, 1.807) is 11.3 Å². The van der Waals surface area contributed by atoms with Crippen LogP contribution in [-0.2, 0) is 0 Å². The number of carbonyl (C=O) groups excluding carboxylic acids is 1. The molecule has 2 amide bonds. The third-order valence-corrected chi connectivity index (χ3v) is 4.23. The van der Waals surface area contributed by atoms with E-state index >= 15 is 0 Å². The second-order valence-corrected chi connectivity index (χ2v) is 6.18. The Morgan fingerprint density at radius 1 is 1.24 bits per heavy atom.